The predicted molar refractivity (Wildman–Crippen MR) is 46.3 cm³/mol. The summed E-state index contributed by atoms with van der Waals surface area (Å²) in [5.41, 5.74) is 0. The third kappa shape index (κ3) is 2.77. The Morgan fingerprint density at radius 1 is 1.67 bits per heavy atom. The molecule has 0 aromatic carbocycles. The minimum absolute atomic E-state index is 0.397. The summed E-state index contributed by atoms with van der Waals surface area (Å²) in [6, 6.07) is 0. The predicted octanol–water partition coefficient (Wildman–Crippen LogP) is 0.657. The van der Waals surface area contributed by atoms with E-state index in [4.69, 9.17) is 0 Å². The largest absolute Gasteiger partial charge is 0.390 e. The maximum Gasteiger partial charge on any atom is 0.0946 e. The van der Waals surface area contributed by atoms with Crippen LogP contribution in [0, 0.1) is 11.8 Å². The summed E-state index contributed by atoms with van der Waals surface area (Å²) in [6.07, 6.45) is 5.32. The molecular weight excluding hydrogens is 152 g/mol. The van der Waals surface area contributed by atoms with Gasteiger partial charge in [-0.15, -0.1) is 11.8 Å². The van der Waals surface area contributed by atoms with Crippen LogP contribution >= 0.6 is 0 Å². The summed E-state index contributed by atoms with van der Waals surface area (Å²) in [4.78, 5) is 3.87. The summed E-state index contributed by atoms with van der Waals surface area (Å²) >= 11 is 0. The van der Waals surface area contributed by atoms with Crippen molar-refractivity contribution in [1.29, 1.82) is 0 Å². The number of rotatable bonds is 3. The van der Waals surface area contributed by atoms with E-state index in [1.54, 1.807) is 19.4 Å². The van der Waals surface area contributed by atoms with Crippen molar-refractivity contribution in [3.8, 4) is 11.8 Å². The van der Waals surface area contributed by atoms with Gasteiger partial charge in [0.05, 0.1) is 19.0 Å². The molecule has 0 aliphatic rings. The van der Waals surface area contributed by atoms with Gasteiger partial charge in [0.2, 0.25) is 0 Å². The second-order valence-electron chi connectivity index (χ2n) is 2.54. The van der Waals surface area contributed by atoms with Crippen LogP contribution in [0.25, 0.3) is 0 Å². The molecule has 0 saturated carbocycles. The van der Waals surface area contributed by atoms with Crippen LogP contribution in [0.2, 0.25) is 0 Å². The summed E-state index contributed by atoms with van der Waals surface area (Å²) < 4.78 is 1.84. The lowest BCUT2D eigenvalue weighted by Gasteiger charge is -2.06. The van der Waals surface area contributed by atoms with Crippen LogP contribution in [-0.4, -0.2) is 20.8 Å². The van der Waals surface area contributed by atoms with Gasteiger partial charge in [-0.05, 0) is 6.92 Å². The van der Waals surface area contributed by atoms with Crippen molar-refractivity contribution in [1.82, 2.24) is 9.55 Å². The molecule has 3 nitrogen and oxygen atoms in total. The summed E-state index contributed by atoms with van der Waals surface area (Å²) in [6.45, 7) is 2.33. The zero-order valence-corrected chi connectivity index (χ0v) is 7.07. The second-order valence-corrected chi connectivity index (χ2v) is 2.54. The Morgan fingerprint density at radius 3 is 3.08 bits per heavy atom. The summed E-state index contributed by atoms with van der Waals surface area (Å²) in [7, 11) is 0. The Labute approximate surface area is 72.1 Å². The molecule has 1 aromatic rings. The van der Waals surface area contributed by atoms with E-state index < -0.39 is 6.10 Å². The monoisotopic (exact) mass is 164 g/mol. The minimum atomic E-state index is -0.397. The van der Waals surface area contributed by atoms with Crippen molar-refractivity contribution in [2.75, 3.05) is 0 Å². The second kappa shape index (κ2) is 4.58. The first-order chi connectivity index (χ1) is 5.83. The molecule has 0 fully saturated rings. The highest BCUT2D eigenvalue weighted by molar-refractivity contribution is 4.96. The molecule has 0 saturated heterocycles. The Balaban J connectivity index is 2.35. The SMILES string of the molecule is CC#CCC(O)Cn1ccnc1. The standard InChI is InChI=1S/C9H12N2O/c1-2-3-4-9(12)7-11-6-5-10-8-11/h5-6,8-9,12H,4,7H2,1H3. The topological polar surface area (TPSA) is 38.0 Å². The van der Waals surface area contributed by atoms with Crippen LogP contribution in [0.5, 0.6) is 0 Å². The van der Waals surface area contributed by atoms with Gasteiger partial charge in [-0.3, -0.25) is 0 Å². The lowest BCUT2D eigenvalue weighted by molar-refractivity contribution is 0.159. The molecule has 1 aromatic heterocycles. The van der Waals surface area contributed by atoms with E-state index in [9.17, 15) is 5.11 Å². The van der Waals surface area contributed by atoms with Crippen molar-refractivity contribution in [3.05, 3.63) is 18.7 Å². The van der Waals surface area contributed by atoms with E-state index in [1.165, 1.54) is 0 Å². The molecule has 1 atom stereocenters. The highest BCUT2D eigenvalue weighted by Crippen LogP contribution is 1.95. The number of aliphatic hydroxyl groups excluding tert-OH is 1. The van der Waals surface area contributed by atoms with Gasteiger partial charge >= 0.3 is 0 Å². The van der Waals surface area contributed by atoms with E-state index in [0.29, 0.717) is 13.0 Å². The first kappa shape index (κ1) is 8.82. The number of aliphatic hydroxyl groups is 1. The van der Waals surface area contributed by atoms with Crippen LogP contribution < -0.4 is 0 Å². The maximum atomic E-state index is 9.40. The van der Waals surface area contributed by atoms with Crippen LogP contribution in [0.1, 0.15) is 13.3 Å². The number of imidazole rings is 1. The van der Waals surface area contributed by atoms with Crippen molar-refractivity contribution < 1.29 is 5.11 Å². The van der Waals surface area contributed by atoms with E-state index in [-0.39, 0.29) is 0 Å². The van der Waals surface area contributed by atoms with E-state index in [1.807, 2.05) is 10.8 Å². The molecule has 0 amide bonds. The minimum Gasteiger partial charge on any atom is -0.390 e. The molecule has 1 unspecified atom stereocenters. The first-order valence-electron chi connectivity index (χ1n) is 3.86. The molecule has 1 heterocycles. The van der Waals surface area contributed by atoms with Gasteiger partial charge in [0.15, 0.2) is 0 Å². The third-order valence-corrected chi connectivity index (χ3v) is 1.50. The van der Waals surface area contributed by atoms with Gasteiger partial charge < -0.3 is 9.67 Å². The Hall–Kier alpha value is -1.27. The van der Waals surface area contributed by atoms with Crippen molar-refractivity contribution in [2.24, 2.45) is 0 Å². The quantitative estimate of drug-likeness (QED) is 0.666. The number of nitrogens with zero attached hydrogens (tertiary/aromatic N) is 2. The molecule has 12 heavy (non-hydrogen) atoms. The van der Waals surface area contributed by atoms with Crippen LogP contribution in [-0.2, 0) is 6.54 Å². The van der Waals surface area contributed by atoms with Gasteiger partial charge in [0.1, 0.15) is 0 Å². The van der Waals surface area contributed by atoms with Gasteiger partial charge in [0.25, 0.3) is 0 Å². The van der Waals surface area contributed by atoms with Gasteiger partial charge in [-0.25, -0.2) is 4.98 Å². The van der Waals surface area contributed by atoms with Crippen molar-refractivity contribution in [3.63, 3.8) is 0 Å². The Bertz CT molecular complexity index is 268. The molecule has 64 valence electrons. The summed E-state index contributed by atoms with van der Waals surface area (Å²) in [5.74, 6) is 5.57. The fraction of sp³-hybridized carbons (Fsp3) is 0.444. The zero-order valence-electron chi connectivity index (χ0n) is 7.07. The van der Waals surface area contributed by atoms with E-state index in [2.05, 4.69) is 16.8 Å². The molecule has 1 rings (SSSR count). The first-order valence-corrected chi connectivity index (χ1v) is 3.86. The molecule has 0 radical (unpaired) electrons. The Kier molecular flexibility index (Phi) is 3.36. The number of aromatic nitrogens is 2. The maximum absolute atomic E-state index is 9.40. The van der Waals surface area contributed by atoms with Crippen LogP contribution in [0.4, 0.5) is 0 Å². The smallest absolute Gasteiger partial charge is 0.0946 e. The molecule has 0 aliphatic heterocycles. The molecule has 3 heteroatoms. The van der Waals surface area contributed by atoms with Crippen molar-refractivity contribution in [2.45, 2.75) is 26.0 Å². The molecule has 0 spiro atoms. The van der Waals surface area contributed by atoms with Crippen molar-refractivity contribution >= 4 is 0 Å². The highest BCUT2D eigenvalue weighted by atomic mass is 16.3. The third-order valence-electron chi connectivity index (χ3n) is 1.50. The molecule has 1 N–H and O–H groups in total. The normalized spacial score (nSPS) is 11.8. The van der Waals surface area contributed by atoms with E-state index >= 15 is 0 Å². The van der Waals surface area contributed by atoms with Crippen LogP contribution in [0.15, 0.2) is 18.7 Å². The van der Waals surface area contributed by atoms with Gasteiger partial charge in [-0.1, -0.05) is 0 Å². The molecule has 0 aliphatic carbocycles. The lowest BCUT2D eigenvalue weighted by Crippen LogP contribution is -2.13. The zero-order chi connectivity index (χ0) is 8.81. The lowest BCUT2D eigenvalue weighted by atomic mass is 10.2. The van der Waals surface area contributed by atoms with Crippen LogP contribution in [0.3, 0.4) is 0 Å². The highest BCUT2D eigenvalue weighted by Gasteiger charge is 2.01. The fourth-order valence-electron chi connectivity index (χ4n) is 0.923. The average molecular weight is 164 g/mol. The molecular formula is C9H12N2O. The van der Waals surface area contributed by atoms with Gasteiger partial charge in [0, 0.05) is 18.8 Å². The number of hydrogen-bond acceptors (Lipinski definition) is 2. The van der Waals surface area contributed by atoms with E-state index in [0.717, 1.165) is 0 Å². The Morgan fingerprint density at radius 2 is 2.50 bits per heavy atom. The average Bonchev–Trinajstić information content (AvgIpc) is 2.53. The van der Waals surface area contributed by atoms with Gasteiger partial charge in [-0.2, -0.15) is 0 Å². The molecule has 0 bridgehead atoms. The fourth-order valence-corrected chi connectivity index (χ4v) is 0.923. The summed E-state index contributed by atoms with van der Waals surface area (Å²) in [5, 5.41) is 9.40. The number of hydrogen-bond donors (Lipinski definition) is 1.